The third-order valence-electron chi connectivity index (χ3n) is 5.51. The normalized spacial score (nSPS) is 20.2. The van der Waals surface area contributed by atoms with E-state index in [1.165, 1.54) is 6.42 Å². The lowest BCUT2D eigenvalue weighted by Gasteiger charge is -2.37. The van der Waals surface area contributed by atoms with E-state index in [4.69, 9.17) is 0 Å². The molecule has 0 radical (unpaired) electrons. The van der Waals surface area contributed by atoms with Crippen LogP contribution < -0.4 is 5.32 Å². The Labute approximate surface area is 154 Å². The number of benzene rings is 1. The number of ketones is 1. The van der Waals surface area contributed by atoms with Crippen molar-refractivity contribution in [1.29, 1.82) is 0 Å². The Bertz CT molecular complexity index is 848. The van der Waals surface area contributed by atoms with E-state index >= 15 is 0 Å². The number of amides is 1. The molecule has 4 rings (SSSR count). The number of carbonyl (C=O) groups excluding carboxylic acids is 2. The van der Waals surface area contributed by atoms with Crippen LogP contribution in [0.2, 0.25) is 0 Å². The zero-order valence-electron chi connectivity index (χ0n) is 15.6. The molecule has 1 saturated carbocycles. The molecule has 26 heavy (non-hydrogen) atoms. The molecular weight excluding hydrogens is 326 g/mol. The standard InChI is InChI=1S/C21H27N3O2/c1-21(2)10-5-11-24(13-21)12-17(25)23-18-15-6-3-4-7-16(15)22-19(18)20(26)14-8-9-14/h3-4,6-7,14,22H,5,8-13H2,1-2H3,(H,23,25). The maximum atomic E-state index is 12.7. The number of carbonyl (C=O) groups is 2. The number of rotatable bonds is 5. The summed E-state index contributed by atoms with van der Waals surface area (Å²) < 4.78 is 0. The highest BCUT2D eigenvalue weighted by Crippen LogP contribution is 2.37. The van der Waals surface area contributed by atoms with Crippen molar-refractivity contribution >= 4 is 28.3 Å². The molecule has 2 aromatic rings. The molecule has 0 atom stereocenters. The van der Waals surface area contributed by atoms with Gasteiger partial charge in [-0.15, -0.1) is 0 Å². The fourth-order valence-corrected chi connectivity index (χ4v) is 4.07. The number of aromatic nitrogens is 1. The average Bonchev–Trinajstić information content (AvgIpc) is 3.37. The maximum absolute atomic E-state index is 12.7. The van der Waals surface area contributed by atoms with Crippen LogP contribution in [0.1, 0.15) is 50.0 Å². The number of fused-ring (bicyclic) bond motifs is 1. The lowest BCUT2D eigenvalue weighted by atomic mass is 9.84. The topological polar surface area (TPSA) is 65.2 Å². The Hall–Kier alpha value is -2.14. The van der Waals surface area contributed by atoms with Crippen molar-refractivity contribution in [3.63, 3.8) is 0 Å². The van der Waals surface area contributed by atoms with Gasteiger partial charge in [-0.3, -0.25) is 14.5 Å². The molecule has 1 amide bonds. The maximum Gasteiger partial charge on any atom is 0.238 e. The third kappa shape index (κ3) is 3.54. The predicted octanol–water partition coefficient (Wildman–Crippen LogP) is 3.82. The van der Waals surface area contributed by atoms with Gasteiger partial charge in [0.1, 0.15) is 5.69 Å². The van der Waals surface area contributed by atoms with Crippen molar-refractivity contribution < 1.29 is 9.59 Å². The molecule has 1 aliphatic heterocycles. The molecule has 5 heteroatoms. The summed E-state index contributed by atoms with van der Waals surface area (Å²) in [6, 6.07) is 7.77. The second-order valence-corrected chi connectivity index (χ2v) is 8.59. The monoisotopic (exact) mass is 353 g/mol. The minimum absolute atomic E-state index is 0.0442. The van der Waals surface area contributed by atoms with Crippen molar-refractivity contribution in [2.24, 2.45) is 11.3 Å². The van der Waals surface area contributed by atoms with Gasteiger partial charge >= 0.3 is 0 Å². The van der Waals surface area contributed by atoms with Crippen LogP contribution in [0.15, 0.2) is 24.3 Å². The van der Waals surface area contributed by atoms with Gasteiger partial charge in [-0.2, -0.15) is 0 Å². The van der Waals surface area contributed by atoms with Crippen LogP contribution in [0.25, 0.3) is 10.9 Å². The summed E-state index contributed by atoms with van der Waals surface area (Å²) in [7, 11) is 0. The summed E-state index contributed by atoms with van der Waals surface area (Å²) >= 11 is 0. The molecule has 138 valence electrons. The van der Waals surface area contributed by atoms with E-state index in [1.54, 1.807) is 0 Å². The van der Waals surface area contributed by atoms with Gasteiger partial charge in [0.25, 0.3) is 0 Å². The Morgan fingerprint density at radius 2 is 2.04 bits per heavy atom. The van der Waals surface area contributed by atoms with Gasteiger partial charge in [-0.05, 0) is 43.7 Å². The van der Waals surface area contributed by atoms with Crippen molar-refractivity contribution in [3.8, 4) is 0 Å². The first-order valence-electron chi connectivity index (χ1n) is 9.60. The molecule has 0 spiro atoms. The number of H-pyrrole nitrogens is 1. The number of Topliss-reactive ketones (excluding diaryl/α,β-unsaturated/α-hetero) is 1. The van der Waals surface area contributed by atoms with Crippen molar-refractivity contribution in [3.05, 3.63) is 30.0 Å². The first-order valence-corrected chi connectivity index (χ1v) is 9.60. The summed E-state index contributed by atoms with van der Waals surface area (Å²) in [5.74, 6) is 0.189. The molecule has 0 bridgehead atoms. The van der Waals surface area contributed by atoms with Gasteiger partial charge in [-0.1, -0.05) is 32.0 Å². The number of para-hydroxylation sites is 1. The summed E-state index contributed by atoms with van der Waals surface area (Å²) in [5, 5.41) is 3.95. The zero-order valence-corrected chi connectivity index (χ0v) is 15.6. The minimum Gasteiger partial charge on any atom is -0.350 e. The fourth-order valence-electron chi connectivity index (χ4n) is 4.07. The Morgan fingerprint density at radius 3 is 2.77 bits per heavy atom. The predicted molar refractivity (Wildman–Crippen MR) is 103 cm³/mol. The van der Waals surface area contributed by atoms with Crippen molar-refractivity contribution in [2.45, 2.75) is 39.5 Å². The molecule has 2 aliphatic rings. The van der Waals surface area contributed by atoms with Crippen molar-refractivity contribution in [1.82, 2.24) is 9.88 Å². The quantitative estimate of drug-likeness (QED) is 0.803. The smallest absolute Gasteiger partial charge is 0.238 e. The van der Waals surface area contributed by atoms with E-state index in [2.05, 4.69) is 29.0 Å². The molecule has 1 saturated heterocycles. The first kappa shape index (κ1) is 17.3. The van der Waals surface area contributed by atoms with E-state index in [0.717, 1.165) is 43.3 Å². The molecule has 2 fully saturated rings. The van der Waals surface area contributed by atoms with E-state index in [0.29, 0.717) is 17.9 Å². The van der Waals surface area contributed by atoms with Crippen LogP contribution in [-0.2, 0) is 4.79 Å². The SMILES string of the molecule is CC1(C)CCCN(CC(=O)Nc2c(C(=O)C3CC3)[nH]c3ccccc23)C1. The first-order chi connectivity index (χ1) is 12.4. The highest BCUT2D eigenvalue weighted by Gasteiger charge is 2.34. The molecule has 1 aromatic heterocycles. The number of hydrogen-bond donors (Lipinski definition) is 2. The second-order valence-electron chi connectivity index (χ2n) is 8.59. The molecule has 2 heterocycles. The van der Waals surface area contributed by atoms with E-state index < -0.39 is 0 Å². The Balaban J connectivity index is 1.55. The Morgan fingerprint density at radius 1 is 1.27 bits per heavy atom. The largest absolute Gasteiger partial charge is 0.350 e. The highest BCUT2D eigenvalue weighted by molar-refractivity contribution is 6.14. The number of nitrogens with one attached hydrogen (secondary N) is 2. The molecule has 1 aromatic carbocycles. The molecule has 0 unspecified atom stereocenters. The number of anilines is 1. The van der Waals surface area contributed by atoms with Gasteiger partial charge in [-0.25, -0.2) is 0 Å². The zero-order chi connectivity index (χ0) is 18.3. The number of likely N-dealkylation sites (tertiary alicyclic amines) is 1. The van der Waals surface area contributed by atoms with Gasteiger partial charge in [0.2, 0.25) is 5.91 Å². The average molecular weight is 353 g/mol. The lowest BCUT2D eigenvalue weighted by Crippen LogP contribution is -2.43. The molecule has 5 nitrogen and oxygen atoms in total. The van der Waals surface area contributed by atoms with Crippen LogP contribution in [0.4, 0.5) is 5.69 Å². The molecule has 1 aliphatic carbocycles. The van der Waals surface area contributed by atoms with E-state index in [1.807, 2.05) is 24.3 Å². The van der Waals surface area contributed by atoms with E-state index in [9.17, 15) is 9.59 Å². The number of nitrogens with zero attached hydrogens (tertiary/aromatic N) is 1. The Kier molecular flexibility index (Phi) is 4.35. The summed E-state index contributed by atoms with van der Waals surface area (Å²) in [6.45, 7) is 6.77. The summed E-state index contributed by atoms with van der Waals surface area (Å²) in [4.78, 5) is 30.8. The lowest BCUT2D eigenvalue weighted by molar-refractivity contribution is -0.118. The van der Waals surface area contributed by atoms with Crippen LogP contribution >= 0.6 is 0 Å². The second kappa shape index (κ2) is 6.54. The number of piperidine rings is 1. The van der Waals surface area contributed by atoms with Crippen molar-refractivity contribution in [2.75, 3.05) is 25.0 Å². The third-order valence-corrected chi connectivity index (χ3v) is 5.51. The van der Waals surface area contributed by atoms with Crippen LogP contribution in [-0.4, -0.2) is 41.2 Å². The van der Waals surface area contributed by atoms with Gasteiger partial charge in [0.05, 0.1) is 12.2 Å². The summed E-state index contributed by atoms with van der Waals surface area (Å²) in [6.07, 6.45) is 4.22. The highest BCUT2D eigenvalue weighted by atomic mass is 16.2. The minimum atomic E-state index is -0.0442. The number of hydrogen-bond acceptors (Lipinski definition) is 3. The van der Waals surface area contributed by atoms with Gasteiger partial charge < -0.3 is 10.3 Å². The van der Waals surface area contributed by atoms with Gasteiger partial charge in [0.15, 0.2) is 5.78 Å². The van der Waals surface area contributed by atoms with Crippen LogP contribution in [0.3, 0.4) is 0 Å². The van der Waals surface area contributed by atoms with Crippen LogP contribution in [0.5, 0.6) is 0 Å². The van der Waals surface area contributed by atoms with Gasteiger partial charge in [0, 0.05) is 23.4 Å². The van der Waals surface area contributed by atoms with E-state index in [-0.39, 0.29) is 23.0 Å². The number of aromatic amines is 1. The molecule has 2 N–H and O–H groups in total. The summed E-state index contributed by atoms with van der Waals surface area (Å²) in [5.41, 5.74) is 2.36. The fraction of sp³-hybridized carbons (Fsp3) is 0.524. The van der Waals surface area contributed by atoms with Crippen LogP contribution in [0, 0.1) is 11.3 Å². The molecular formula is C21H27N3O2.